The summed E-state index contributed by atoms with van der Waals surface area (Å²) in [5, 5.41) is 3.40. The Kier molecular flexibility index (Phi) is 4.04. The van der Waals surface area contributed by atoms with Crippen molar-refractivity contribution >= 4 is 0 Å². The lowest BCUT2D eigenvalue weighted by molar-refractivity contribution is 0.192. The van der Waals surface area contributed by atoms with Crippen LogP contribution in [0.3, 0.4) is 0 Å². The lowest BCUT2D eigenvalue weighted by Crippen LogP contribution is -2.44. The molecule has 0 radical (unpaired) electrons. The summed E-state index contributed by atoms with van der Waals surface area (Å²) < 4.78 is 5.86. The third kappa shape index (κ3) is 3.28. The fraction of sp³-hybridized carbons (Fsp3) is 0.625. The van der Waals surface area contributed by atoms with E-state index < -0.39 is 0 Å². The highest BCUT2D eigenvalue weighted by Gasteiger charge is 2.16. The van der Waals surface area contributed by atoms with Crippen molar-refractivity contribution in [1.82, 2.24) is 10.2 Å². The van der Waals surface area contributed by atoms with Crippen molar-refractivity contribution in [3.63, 3.8) is 0 Å². The number of fused-ring (bicyclic) bond motifs is 1. The van der Waals surface area contributed by atoms with E-state index in [-0.39, 0.29) is 0 Å². The zero-order valence-electron chi connectivity index (χ0n) is 11.8. The summed E-state index contributed by atoms with van der Waals surface area (Å²) in [5.41, 5.74) is 2.85. The Bertz CT molecular complexity index is 427. The van der Waals surface area contributed by atoms with Gasteiger partial charge < -0.3 is 15.0 Å². The first-order valence-electron chi connectivity index (χ1n) is 7.53. The van der Waals surface area contributed by atoms with Gasteiger partial charge in [0.15, 0.2) is 0 Å². The number of nitrogens with zero attached hydrogens (tertiary/aromatic N) is 1. The predicted molar refractivity (Wildman–Crippen MR) is 77.9 cm³/mol. The van der Waals surface area contributed by atoms with Crippen molar-refractivity contribution in [2.75, 3.05) is 32.7 Å². The minimum Gasteiger partial charge on any atom is -0.490 e. The molecule has 104 valence electrons. The van der Waals surface area contributed by atoms with Crippen LogP contribution in [0.5, 0.6) is 5.75 Å². The Morgan fingerprint density at radius 2 is 2.16 bits per heavy atom. The molecule has 1 atom stereocenters. The van der Waals surface area contributed by atoms with Crippen LogP contribution in [0.15, 0.2) is 18.2 Å². The number of hydrogen-bond donors (Lipinski definition) is 1. The topological polar surface area (TPSA) is 24.5 Å². The van der Waals surface area contributed by atoms with Crippen molar-refractivity contribution in [3.8, 4) is 5.75 Å². The number of nitrogens with one attached hydrogen (secondary N) is 1. The molecule has 0 aliphatic carbocycles. The van der Waals surface area contributed by atoms with Gasteiger partial charge in [0.1, 0.15) is 5.75 Å². The highest BCUT2D eigenvalue weighted by Crippen LogP contribution is 2.28. The lowest BCUT2D eigenvalue weighted by atomic mass is 9.99. The highest BCUT2D eigenvalue weighted by molar-refractivity contribution is 5.39. The van der Waals surface area contributed by atoms with Gasteiger partial charge in [-0.05, 0) is 43.4 Å². The standard InChI is InChI=1S/C16H24N2O/c1-13-2-4-15-12-14(3-5-16(15)19-13)6-9-18-10-7-17-8-11-18/h3,5,12-13,17H,2,4,6-11H2,1H3. The van der Waals surface area contributed by atoms with Crippen LogP contribution in [-0.4, -0.2) is 43.7 Å². The van der Waals surface area contributed by atoms with E-state index >= 15 is 0 Å². The Morgan fingerprint density at radius 1 is 1.32 bits per heavy atom. The molecule has 3 nitrogen and oxygen atoms in total. The molecule has 0 amide bonds. The van der Waals surface area contributed by atoms with E-state index in [0.717, 1.165) is 38.1 Å². The largest absolute Gasteiger partial charge is 0.490 e. The summed E-state index contributed by atoms with van der Waals surface area (Å²) in [6.07, 6.45) is 3.84. The van der Waals surface area contributed by atoms with Gasteiger partial charge >= 0.3 is 0 Å². The zero-order valence-corrected chi connectivity index (χ0v) is 11.8. The third-order valence-electron chi connectivity index (χ3n) is 4.20. The van der Waals surface area contributed by atoms with Crippen molar-refractivity contribution in [1.29, 1.82) is 0 Å². The normalized spacial score (nSPS) is 23.7. The first-order valence-corrected chi connectivity index (χ1v) is 7.53. The van der Waals surface area contributed by atoms with Crippen LogP contribution in [0.4, 0.5) is 0 Å². The second-order valence-corrected chi connectivity index (χ2v) is 5.75. The second-order valence-electron chi connectivity index (χ2n) is 5.75. The van der Waals surface area contributed by atoms with Crippen LogP contribution in [0.2, 0.25) is 0 Å². The van der Waals surface area contributed by atoms with Gasteiger partial charge in [0.05, 0.1) is 6.10 Å². The quantitative estimate of drug-likeness (QED) is 0.897. The van der Waals surface area contributed by atoms with Crippen LogP contribution in [0.1, 0.15) is 24.5 Å². The number of piperazine rings is 1. The summed E-state index contributed by atoms with van der Waals surface area (Å²) >= 11 is 0. The van der Waals surface area contributed by atoms with E-state index in [0.29, 0.717) is 6.10 Å². The van der Waals surface area contributed by atoms with Gasteiger partial charge in [0, 0.05) is 32.7 Å². The molecule has 19 heavy (non-hydrogen) atoms. The predicted octanol–water partition coefficient (Wildman–Crippen LogP) is 1.85. The average molecular weight is 260 g/mol. The van der Waals surface area contributed by atoms with Crippen molar-refractivity contribution < 1.29 is 4.74 Å². The summed E-state index contributed by atoms with van der Waals surface area (Å²) in [6, 6.07) is 6.75. The maximum atomic E-state index is 5.86. The Balaban J connectivity index is 1.59. The molecule has 2 aliphatic rings. The molecule has 1 fully saturated rings. The summed E-state index contributed by atoms with van der Waals surface area (Å²) in [4.78, 5) is 2.55. The van der Waals surface area contributed by atoms with Crippen LogP contribution >= 0.6 is 0 Å². The number of ether oxygens (including phenoxy) is 1. The van der Waals surface area contributed by atoms with Gasteiger partial charge in [-0.25, -0.2) is 0 Å². The molecule has 3 rings (SSSR count). The third-order valence-corrected chi connectivity index (χ3v) is 4.20. The Morgan fingerprint density at radius 3 is 3.00 bits per heavy atom. The van der Waals surface area contributed by atoms with Gasteiger partial charge in [-0.1, -0.05) is 12.1 Å². The molecule has 1 saturated heterocycles. The van der Waals surface area contributed by atoms with Gasteiger partial charge in [-0.2, -0.15) is 0 Å². The molecule has 0 spiro atoms. The molecular weight excluding hydrogens is 236 g/mol. The van der Waals surface area contributed by atoms with E-state index in [1.54, 1.807) is 0 Å². The number of rotatable bonds is 3. The highest BCUT2D eigenvalue weighted by atomic mass is 16.5. The maximum absolute atomic E-state index is 5.86. The monoisotopic (exact) mass is 260 g/mol. The number of benzene rings is 1. The minimum atomic E-state index is 0.374. The van der Waals surface area contributed by atoms with Crippen LogP contribution in [-0.2, 0) is 12.8 Å². The van der Waals surface area contributed by atoms with E-state index in [2.05, 4.69) is 35.3 Å². The van der Waals surface area contributed by atoms with Crippen molar-refractivity contribution in [3.05, 3.63) is 29.3 Å². The summed E-state index contributed by atoms with van der Waals surface area (Å²) in [7, 11) is 0. The molecule has 0 bridgehead atoms. The minimum absolute atomic E-state index is 0.374. The second kappa shape index (κ2) is 5.93. The van der Waals surface area contributed by atoms with Crippen molar-refractivity contribution in [2.45, 2.75) is 32.3 Å². The van der Waals surface area contributed by atoms with E-state index in [1.165, 1.54) is 30.8 Å². The zero-order chi connectivity index (χ0) is 13.1. The number of aryl methyl sites for hydroxylation is 1. The fourth-order valence-corrected chi connectivity index (χ4v) is 2.96. The summed E-state index contributed by atoms with van der Waals surface area (Å²) in [6.45, 7) is 7.97. The SMILES string of the molecule is CC1CCc2cc(CCN3CCNCC3)ccc2O1. The van der Waals surface area contributed by atoms with Crippen LogP contribution < -0.4 is 10.1 Å². The van der Waals surface area contributed by atoms with E-state index in [9.17, 15) is 0 Å². The smallest absolute Gasteiger partial charge is 0.122 e. The van der Waals surface area contributed by atoms with Gasteiger partial charge in [0.25, 0.3) is 0 Å². The first-order chi connectivity index (χ1) is 9.31. The molecule has 1 aromatic carbocycles. The van der Waals surface area contributed by atoms with E-state index in [4.69, 9.17) is 4.74 Å². The molecule has 2 aliphatic heterocycles. The summed E-state index contributed by atoms with van der Waals surface area (Å²) in [5.74, 6) is 1.10. The van der Waals surface area contributed by atoms with Gasteiger partial charge in [-0.3, -0.25) is 0 Å². The Hall–Kier alpha value is -1.06. The average Bonchev–Trinajstić information content (AvgIpc) is 2.46. The molecule has 0 aromatic heterocycles. The molecule has 1 N–H and O–H groups in total. The van der Waals surface area contributed by atoms with Crippen molar-refractivity contribution in [2.24, 2.45) is 0 Å². The molecule has 3 heteroatoms. The number of hydrogen-bond acceptors (Lipinski definition) is 3. The van der Waals surface area contributed by atoms with Gasteiger partial charge in [-0.15, -0.1) is 0 Å². The first kappa shape index (κ1) is 12.9. The maximum Gasteiger partial charge on any atom is 0.122 e. The fourth-order valence-electron chi connectivity index (χ4n) is 2.96. The van der Waals surface area contributed by atoms with Crippen LogP contribution in [0.25, 0.3) is 0 Å². The molecule has 0 saturated carbocycles. The molecule has 1 aromatic rings. The lowest BCUT2D eigenvalue weighted by Gasteiger charge is -2.27. The molecule has 2 heterocycles. The van der Waals surface area contributed by atoms with E-state index in [1.807, 2.05) is 0 Å². The molecular formula is C16H24N2O. The molecule has 1 unspecified atom stereocenters. The Labute approximate surface area is 115 Å². The van der Waals surface area contributed by atoms with Gasteiger partial charge in [0.2, 0.25) is 0 Å². The van der Waals surface area contributed by atoms with Crippen LogP contribution in [0, 0.1) is 0 Å².